The van der Waals surface area contributed by atoms with Crippen LogP contribution in [0.2, 0.25) is 5.02 Å². The average Bonchev–Trinajstić information content (AvgIpc) is 3.21. The van der Waals surface area contributed by atoms with Crippen LogP contribution in [-0.4, -0.2) is 62.7 Å². The highest BCUT2D eigenvalue weighted by molar-refractivity contribution is 6.31. The van der Waals surface area contributed by atoms with Crippen molar-refractivity contribution in [1.82, 2.24) is 30.0 Å². The summed E-state index contributed by atoms with van der Waals surface area (Å²) in [6.07, 6.45) is 8.10. The summed E-state index contributed by atoms with van der Waals surface area (Å²) in [6.45, 7) is 8.75. The van der Waals surface area contributed by atoms with Gasteiger partial charge >= 0.3 is 0 Å². The van der Waals surface area contributed by atoms with Crippen LogP contribution in [0.4, 0.5) is 0 Å². The number of piperazine rings is 1. The molecule has 1 saturated carbocycles. The van der Waals surface area contributed by atoms with Crippen molar-refractivity contribution in [3.8, 4) is 0 Å². The van der Waals surface area contributed by atoms with Crippen LogP contribution >= 0.6 is 11.6 Å². The van der Waals surface area contributed by atoms with Gasteiger partial charge in [-0.2, -0.15) is 0 Å². The standard InChI is InChI=1S/C21H29ClN6/c1-2-12-26-13-15-27(16-14-26)20(18-10-6-7-11-19(18)22)21-23-24-25-28(21)17-8-4-3-5-9-17/h2,6-7,10-11,17,20H,1,3-5,8-9,12-16H2/t20-/m1/s1. The third kappa shape index (κ3) is 4.14. The lowest BCUT2D eigenvalue weighted by atomic mass is 9.95. The molecule has 7 heteroatoms. The van der Waals surface area contributed by atoms with Crippen molar-refractivity contribution in [1.29, 1.82) is 0 Å². The minimum atomic E-state index is -0.0171. The van der Waals surface area contributed by atoms with Gasteiger partial charge in [-0.25, -0.2) is 4.68 Å². The molecule has 1 aromatic heterocycles. The molecule has 0 N–H and O–H groups in total. The Morgan fingerprint density at radius 2 is 1.86 bits per heavy atom. The molecule has 2 aromatic rings. The third-order valence-electron chi connectivity index (χ3n) is 6.04. The fourth-order valence-electron chi connectivity index (χ4n) is 4.55. The third-order valence-corrected chi connectivity index (χ3v) is 6.39. The molecule has 6 nitrogen and oxygen atoms in total. The van der Waals surface area contributed by atoms with E-state index >= 15 is 0 Å². The van der Waals surface area contributed by atoms with E-state index in [0.717, 1.165) is 62.0 Å². The van der Waals surface area contributed by atoms with E-state index in [9.17, 15) is 0 Å². The molecule has 150 valence electrons. The molecule has 2 heterocycles. The first-order valence-electron chi connectivity index (χ1n) is 10.4. The Labute approximate surface area is 172 Å². The van der Waals surface area contributed by atoms with Crippen molar-refractivity contribution >= 4 is 11.6 Å². The van der Waals surface area contributed by atoms with Crippen LogP contribution in [0.3, 0.4) is 0 Å². The van der Waals surface area contributed by atoms with Crippen LogP contribution in [0.1, 0.15) is 55.6 Å². The van der Waals surface area contributed by atoms with Gasteiger partial charge in [0.2, 0.25) is 0 Å². The lowest BCUT2D eigenvalue weighted by Crippen LogP contribution is -2.48. The molecule has 1 aromatic carbocycles. The molecule has 2 fully saturated rings. The second kappa shape index (κ2) is 9.16. The van der Waals surface area contributed by atoms with Crippen molar-refractivity contribution in [2.45, 2.75) is 44.2 Å². The van der Waals surface area contributed by atoms with E-state index in [-0.39, 0.29) is 6.04 Å². The molecule has 0 spiro atoms. The van der Waals surface area contributed by atoms with Gasteiger partial charge in [0.1, 0.15) is 0 Å². The van der Waals surface area contributed by atoms with Gasteiger partial charge in [0.25, 0.3) is 0 Å². The minimum Gasteiger partial charge on any atom is -0.297 e. The zero-order chi connectivity index (χ0) is 19.3. The topological polar surface area (TPSA) is 50.1 Å². The number of benzene rings is 1. The molecule has 2 aliphatic rings. The zero-order valence-electron chi connectivity index (χ0n) is 16.4. The number of hydrogen-bond donors (Lipinski definition) is 0. The highest BCUT2D eigenvalue weighted by Crippen LogP contribution is 2.36. The normalized spacial score (nSPS) is 20.9. The maximum Gasteiger partial charge on any atom is 0.173 e. The number of tetrazole rings is 1. The lowest BCUT2D eigenvalue weighted by molar-refractivity contribution is 0.111. The Balaban J connectivity index is 1.66. The first-order valence-corrected chi connectivity index (χ1v) is 10.7. The number of hydrogen-bond acceptors (Lipinski definition) is 5. The molecule has 0 unspecified atom stereocenters. The van der Waals surface area contributed by atoms with Crippen molar-refractivity contribution in [3.63, 3.8) is 0 Å². The largest absolute Gasteiger partial charge is 0.297 e. The van der Waals surface area contributed by atoms with Gasteiger partial charge < -0.3 is 0 Å². The molecule has 1 saturated heterocycles. The Morgan fingerprint density at radius 3 is 2.57 bits per heavy atom. The molecule has 1 atom stereocenters. The van der Waals surface area contributed by atoms with Crippen LogP contribution in [-0.2, 0) is 0 Å². The van der Waals surface area contributed by atoms with E-state index in [0.29, 0.717) is 6.04 Å². The van der Waals surface area contributed by atoms with Gasteiger partial charge in [-0.15, -0.1) is 11.7 Å². The molecule has 1 aliphatic carbocycles. The maximum atomic E-state index is 6.64. The van der Waals surface area contributed by atoms with Crippen molar-refractivity contribution < 1.29 is 0 Å². The van der Waals surface area contributed by atoms with Crippen molar-refractivity contribution in [3.05, 3.63) is 53.3 Å². The molecule has 0 bridgehead atoms. The van der Waals surface area contributed by atoms with E-state index < -0.39 is 0 Å². The summed E-state index contributed by atoms with van der Waals surface area (Å²) in [4.78, 5) is 4.91. The highest BCUT2D eigenvalue weighted by Gasteiger charge is 2.33. The summed E-state index contributed by atoms with van der Waals surface area (Å²) >= 11 is 6.64. The number of rotatable bonds is 6. The van der Waals surface area contributed by atoms with E-state index in [1.807, 2.05) is 18.2 Å². The maximum absolute atomic E-state index is 6.64. The zero-order valence-corrected chi connectivity index (χ0v) is 17.1. The minimum absolute atomic E-state index is 0.0171. The molecule has 4 rings (SSSR count). The Morgan fingerprint density at radius 1 is 1.11 bits per heavy atom. The molecule has 1 aliphatic heterocycles. The lowest BCUT2D eigenvalue weighted by Gasteiger charge is -2.39. The number of aromatic nitrogens is 4. The summed E-state index contributed by atoms with van der Waals surface area (Å²) in [5.74, 6) is 0.928. The summed E-state index contributed by atoms with van der Waals surface area (Å²) in [7, 11) is 0. The van der Waals surface area contributed by atoms with E-state index in [4.69, 9.17) is 11.6 Å². The molecular formula is C21H29ClN6. The summed E-state index contributed by atoms with van der Waals surface area (Å²) in [5.41, 5.74) is 1.09. The monoisotopic (exact) mass is 400 g/mol. The first kappa shape index (κ1) is 19.6. The smallest absolute Gasteiger partial charge is 0.173 e. The van der Waals surface area contributed by atoms with Crippen molar-refractivity contribution in [2.75, 3.05) is 32.7 Å². The Bertz CT molecular complexity index is 777. The van der Waals surface area contributed by atoms with Gasteiger partial charge in [-0.3, -0.25) is 9.80 Å². The summed E-state index contributed by atoms with van der Waals surface area (Å²) < 4.78 is 2.09. The van der Waals surface area contributed by atoms with E-state index in [1.54, 1.807) is 0 Å². The fourth-order valence-corrected chi connectivity index (χ4v) is 4.79. The Hall–Kier alpha value is -1.76. The van der Waals surface area contributed by atoms with Crippen LogP contribution in [0.15, 0.2) is 36.9 Å². The Kier molecular flexibility index (Phi) is 6.40. The van der Waals surface area contributed by atoms with Crippen LogP contribution in [0, 0.1) is 0 Å². The predicted molar refractivity (Wildman–Crippen MR) is 111 cm³/mol. The summed E-state index contributed by atoms with van der Waals surface area (Å²) in [5, 5.41) is 13.8. The fraction of sp³-hybridized carbons (Fsp3) is 0.571. The second-order valence-electron chi connectivity index (χ2n) is 7.82. The van der Waals surface area contributed by atoms with Crippen LogP contribution in [0.5, 0.6) is 0 Å². The number of nitrogens with zero attached hydrogens (tertiary/aromatic N) is 6. The van der Waals surface area contributed by atoms with E-state index in [2.05, 4.69) is 48.7 Å². The molecule has 0 amide bonds. The molecule has 0 radical (unpaired) electrons. The SMILES string of the molecule is C=CCN1CCN([C@H](c2ccccc2Cl)c2nnnn2C2CCCCC2)CC1. The van der Waals surface area contributed by atoms with Gasteiger partial charge in [0.05, 0.1) is 12.1 Å². The van der Waals surface area contributed by atoms with Gasteiger partial charge in [-0.1, -0.05) is 55.1 Å². The van der Waals surface area contributed by atoms with Crippen LogP contribution in [0.25, 0.3) is 0 Å². The van der Waals surface area contributed by atoms with Gasteiger partial charge in [-0.05, 0) is 34.9 Å². The summed E-state index contributed by atoms with van der Waals surface area (Å²) in [6, 6.07) is 8.49. The van der Waals surface area contributed by atoms with Gasteiger partial charge in [0.15, 0.2) is 5.82 Å². The van der Waals surface area contributed by atoms with E-state index in [1.165, 1.54) is 19.3 Å². The highest BCUT2D eigenvalue weighted by atomic mass is 35.5. The predicted octanol–water partition coefficient (Wildman–Crippen LogP) is 3.72. The van der Waals surface area contributed by atoms with Crippen LogP contribution < -0.4 is 0 Å². The van der Waals surface area contributed by atoms with Gasteiger partial charge in [0, 0.05) is 37.7 Å². The first-order chi connectivity index (χ1) is 13.8. The molecule has 28 heavy (non-hydrogen) atoms. The van der Waals surface area contributed by atoms with Crippen molar-refractivity contribution in [2.24, 2.45) is 0 Å². The molecular weight excluding hydrogens is 372 g/mol. The second-order valence-corrected chi connectivity index (χ2v) is 8.23. The number of halogens is 1. The average molecular weight is 401 g/mol. The quantitative estimate of drug-likeness (QED) is 0.691.